The number of benzene rings is 1. The number of Topliss-reactive ketones (excluding diaryl/α,β-unsaturated/α-hetero) is 1. The lowest BCUT2D eigenvalue weighted by Gasteiger charge is -2.18. The van der Waals surface area contributed by atoms with Crippen molar-refractivity contribution in [3.8, 4) is 5.75 Å². The van der Waals surface area contributed by atoms with Crippen LogP contribution in [0.5, 0.6) is 5.75 Å². The summed E-state index contributed by atoms with van der Waals surface area (Å²) in [7, 11) is 1.93. The molecule has 1 heterocycles. The summed E-state index contributed by atoms with van der Waals surface area (Å²) in [6.07, 6.45) is 1.59. The Labute approximate surface area is 112 Å². The average molecular weight is 256 g/mol. The highest BCUT2D eigenvalue weighted by molar-refractivity contribution is 5.93. The number of aromatic nitrogens is 1. The quantitative estimate of drug-likeness (QED) is 0.854. The third-order valence-electron chi connectivity index (χ3n) is 2.90. The molecule has 0 aliphatic rings. The summed E-state index contributed by atoms with van der Waals surface area (Å²) < 4.78 is 0. The fourth-order valence-electron chi connectivity index (χ4n) is 1.78. The number of pyridine rings is 1. The van der Waals surface area contributed by atoms with Gasteiger partial charge in [-0.05, 0) is 36.8 Å². The zero-order valence-corrected chi connectivity index (χ0v) is 11.0. The molecule has 4 nitrogen and oxygen atoms in total. The molecule has 0 amide bonds. The maximum absolute atomic E-state index is 11.2. The third-order valence-corrected chi connectivity index (χ3v) is 2.90. The van der Waals surface area contributed by atoms with Crippen molar-refractivity contribution < 1.29 is 9.90 Å². The van der Waals surface area contributed by atoms with Crippen molar-refractivity contribution in [2.45, 2.75) is 13.5 Å². The van der Waals surface area contributed by atoms with Crippen LogP contribution in [0.2, 0.25) is 0 Å². The van der Waals surface area contributed by atoms with Crippen LogP contribution < -0.4 is 4.90 Å². The molecule has 19 heavy (non-hydrogen) atoms. The lowest BCUT2D eigenvalue weighted by Crippen LogP contribution is -2.17. The van der Waals surface area contributed by atoms with E-state index in [-0.39, 0.29) is 11.5 Å². The second-order valence-electron chi connectivity index (χ2n) is 4.48. The number of carbonyl (C=O) groups excluding carboxylic acids is 1. The van der Waals surface area contributed by atoms with Gasteiger partial charge < -0.3 is 10.0 Å². The Morgan fingerprint density at radius 3 is 2.42 bits per heavy atom. The summed E-state index contributed by atoms with van der Waals surface area (Å²) in [5.74, 6) is 1.08. The minimum absolute atomic E-state index is 0.0141. The number of hydrogen-bond donors (Lipinski definition) is 1. The number of nitrogens with zero attached hydrogens (tertiary/aromatic N) is 2. The number of aromatic hydroxyl groups is 1. The first-order chi connectivity index (χ1) is 9.06. The van der Waals surface area contributed by atoms with Crippen molar-refractivity contribution in [1.29, 1.82) is 0 Å². The summed E-state index contributed by atoms with van der Waals surface area (Å²) in [5.41, 5.74) is 1.69. The van der Waals surface area contributed by atoms with E-state index in [4.69, 9.17) is 0 Å². The van der Waals surface area contributed by atoms with E-state index >= 15 is 0 Å². The van der Waals surface area contributed by atoms with Gasteiger partial charge in [0, 0.05) is 25.4 Å². The van der Waals surface area contributed by atoms with Gasteiger partial charge in [0.1, 0.15) is 11.6 Å². The molecule has 0 bridgehead atoms. The molecule has 0 unspecified atom stereocenters. The van der Waals surface area contributed by atoms with Crippen LogP contribution >= 0.6 is 0 Å². The fourth-order valence-corrected chi connectivity index (χ4v) is 1.78. The van der Waals surface area contributed by atoms with E-state index in [1.54, 1.807) is 24.4 Å². The van der Waals surface area contributed by atoms with Crippen LogP contribution in [0, 0.1) is 0 Å². The van der Waals surface area contributed by atoms with Gasteiger partial charge in [0.15, 0.2) is 5.78 Å². The normalized spacial score (nSPS) is 10.2. The lowest BCUT2D eigenvalue weighted by atomic mass is 10.2. The molecule has 0 saturated carbocycles. The Morgan fingerprint density at radius 1 is 1.21 bits per heavy atom. The highest BCUT2D eigenvalue weighted by Crippen LogP contribution is 2.15. The third kappa shape index (κ3) is 3.31. The average Bonchev–Trinajstić information content (AvgIpc) is 2.41. The van der Waals surface area contributed by atoms with Gasteiger partial charge in [-0.1, -0.05) is 12.1 Å². The Hall–Kier alpha value is -2.36. The first-order valence-corrected chi connectivity index (χ1v) is 6.02. The van der Waals surface area contributed by atoms with E-state index < -0.39 is 0 Å². The predicted molar refractivity (Wildman–Crippen MR) is 74.5 cm³/mol. The highest BCUT2D eigenvalue weighted by atomic mass is 16.3. The molecule has 4 heteroatoms. The molecule has 0 atom stereocenters. The van der Waals surface area contributed by atoms with Crippen LogP contribution in [0.15, 0.2) is 42.6 Å². The maximum Gasteiger partial charge on any atom is 0.161 e. The van der Waals surface area contributed by atoms with Gasteiger partial charge in [0.25, 0.3) is 0 Å². The van der Waals surface area contributed by atoms with Crippen LogP contribution in [0.3, 0.4) is 0 Å². The van der Waals surface area contributed by atoms with Crippen molar-refractivity contribution in [3.63, 3.8) is 0 Å². The summed E-state index contributed by atoms with van der Waals surface area (Å²) in [6, 6.07) is 10.7. The summed E-state index contributed by atoms with van der Waals surface area (Å²) >= 11 is 0. The van der Waals surface area contributed by atoms with Gasteiger partial charge in [0.05, 0.1) is 0 Å². The Kier molecular flexibility index (Phi) is 3.80. The molecule has 0 radical (unpaired) electrons. The van der Waals surface area contributed by atoms with Crippen LogP contribution in [-0.4, -0.2) is 22.9 Å². The first-order valence-electron chi connectivity index (χ1n) is 6.02. The molecule has 0 aliphatic carbocycles. The molecule has 0 fully saturated rings. The van der Waals surface area contributed by atoms with Gasteiger partial charge in [-0.25, -0.2) is 4.98 Å². The SMILES string of the molecule is CC(=O)c1ccc(N(C)Cc2ccc(O)cc2)nc1. The van der Waals surface area contributed by atoms with Gasteiger partial charge in [-0.3, -0.25) is 4.79 Å². The topological polar surface area (TPSA) is 53.4 Å². The standard InChI is InChI=1S/C15H16N2O2/c1-11(18)13-5-8-15(16-9-13)17(2)10-12-3-6-14(19)7-4-12/h3-9,19H,10H2,1-2H3. The minimum atomic E-state index is 0.0141. The summed E-state index contributed by atoms with van der Waals surface area (Å²) in [5, 5.41) is 9.23. The van der Waals surface area contributed by atoms with E-state index in [9.17, 15) is 9.90 Å². The van der Waals surface area contributed by atoms with Crippen molar-refractivity contribution >= 4 is 11.6 Å². The zero-order valence-electron chi connectivity index (χ0n) is 11.0. The van der Waals surface area contributed by atoms with Crippen LogP contribution in [0.1, 0.15) is 22.8 Å². The second kappa shape index (κ2) is 5.52. The largest absolute Gasteiger partial charge is 0.508 e. The number of carbonyl (C=O) groups is 1. The molecular weight excluding hydrogens is 240 g/mol. The number of phenols is 1. The molecule has 1 N–H and O–H groups in total. The zero-order chi connectivity index (χ0) is 13.8. The van der Waals surface area contributed by atoms with Crippen molar-refractivity contribution in [3.05, 3.63) is 53.7 Å². The van der Waals surface area contributed by atoms with Gasteiger partial charge in [0.2, 0.25) is 0 Å². The lowest BCUT2D eigenvalue weighted by molar-refractivity contribution is 0.101. The summed E-state index contributed by atoms with van der Waals surface area (Å²) in [6.45, 7) is 2.21. The van der Waals surface area contributed by atoms with E-state index in [2.05, 4.69) is 4.98 Å². The molecule has 0 saturated heterocycles. The van der Waals surface area contributed by atoms with Gasteiger partial charge in [-0.15, -0.1) is 0 Å². The number of ketones is 1. The molecule has 2 aromatic rings. The summed E-state index contributed by atoms with van der Waals surface area (Å²) in [4.78, 5) is 17.4. The van der Waals surface area contributed by atoms with Crippen LogP contribution in [0.25, 0.3) is 0 Å². The van der Waals surface area contributed by atoms with Crippen LogP contribution in [-0.2, 0) is 6.54 Å². The highest BCUT2D eigenvalue weighted by Gasteiger charge is 2.05. The smallest absolute Gasteiger partial charge is 0.161 e. The number of hydrogen-bond acceptors (Lipinski definition) is 4. The predicted octanol–water partition coefficient (Wildman–Crippen LogP) is 2.63. The van der Waals surface area contributed by atoms with E-state index in [1.807, 2.05) is 30.1 Å². The number of anilines is 1. The monoisotopic (exact) mass is 256 g/mol. The minimum Gasteiger partial charge on any atom is -0.508 e. The molecule has 2 rings (SSSR count). The second-order valence-corrected chi connectivity index (χ2v) is 4.48. The number of phenolic OH excluding ortho intramolecular Hbond substituents is 1. The molecule has 0 aliphatic heterocycles. The van der Waals surface area contributed by atoms with E-state index in [1.165, 1.54) is 6.92 Å². The van der Waals surface area contributed by atoms with Gasteiger partial charge in [-0.2, -0.15) is 0 Å². The fraction of sp³-hybridized carbons (Fsp3) is 0.200. The first kappa shape index (κ1) is 13.1. The Morgan fingerprint density at radius 2 is 1.89 bits per heavy atom. The van der Waals surface area contributed by atoms with Crippen LogP contribution in [0.4, 0.5) is 5.82 Å². The van der Waals surface area contributed by atoms with Crippen molar-refractivity contribution in [2.24, 2.45) is 0 Å². The maximum atomic E-state index is 11.2. The van der Waals surface area contributed by atoms with E-state index in [0.717, 1.165) is 11.4 Å². The van der Waals surface area contributed by atoms with Gasteiger partial charge >= 0.3 is 0 Å². The molecule has 98 valence electrons. The Bertz CT molecular complexity index is 562. The molecule has 1 aromatic carbocycles. The van der Waals surface area contributed by atoms with Crippen molar-refractivity contribution in [1.82, 2.24) is 4.98 Å². The Balaban J connectivity index is 2.09. The number of rotatable bonds is 4. The molecular formula is C15H16N2O2. The van der Waals surface area contributed by atoms with E-state index in [0.29, 0.717) is 12.1 Å². The molecule has 1 aromatic heterocycles. The molecule has 0 spiro atoms. The van der Waals surface area contributed by atoms with Crippen molar-refractivity contribution in [2.75, 3.05) is 11.9 Å².